The summed E-state index contributed by atoms with van der Waals surface area (Å²) in [6, 6.07) is 3.63. The number of hydrogen-bond donors (Lipinski definition) is 1. The van der Waals surface area contributed by atoms with Crippen LogP contribution in [0.4, 0.5) is 4.39 Å². The highest BCUT2D eigenvalue weighted by atomic mass is 32.2. The first-order valence-corrected chi connectivity index (χ1v) is 8.31. The molecule has 112 valence electrons. The summed E-state index contributed by atoms with van der Waals surface area (Å²) in [5, 5.41) is 0. The van der Waals surface area contributed by atoms with Gasteiger partial charge in [0.05, 0.1) is 0 Å². The van der Waals surface area contributed by atoms with Gasteiger partial charge in [-0.1, -0.05) is 12.5 Å². The molecule has 1 aliphatic rings. The first kappa shape index (κ1) is 15.4. The van der Waals surface area contributed by atoms with E-state index in [2.05, 4.69) is 0 Å². The average Bonchev–Trinajstić information content (AvgIpc) is 2.41. The van der Waals surface area contributed by atoms with Crippen molar-refractivity contribution in [3.63, 3.8) is 0 Å². The van der Waals surface area contributed by atoms with Gasteiger partial charge in [0.15, 0.2) is 0 Å². The Balaban J connectivity index is 2.45. The molecular weight excluding hydrogens is 279 g/mol. The van der Waals surface area contributed by atoms with Crippen molar-refractivity contribution < 1.29 is 12.8 Å². The number of nitrogens with zero attached hydrogens (tertiary/aromatic N) is 1. The van der Waals surface area contributed by atoms with Crippen LogP contribution in [0.2, 0.25) is 0 Å². The predicted octanol–water partition coefficient (Wildman–Crippen LogP) is 2.02. The van der Waals surface area contributed by atoms with Crippen molar-refractivity contribution in [1.29, 1.82) is 0 Å². The van der Waals surface area contributed by atoms with Gasteiger partial charge in [0.2, 0.25) is 10.0 Å². The predicted molar refractivity (Wildman–Crippen MR) is 76.3 cm³/mol. The monoisotopic (exact) mass is 300 g/mol. The fourth-order valence-electron chi connectivity index (χ4n) is 2.69. The van der Waals surface area contributed by atoms with E-state index in [1.54, 1.807) is 19.9 Å². The molecule has 0 aromatic heterocycles. The van der Waals surface area contributed by atoms with E-state index < -0.39 is 15.8 Å². The smallest absolute Gasteiger partial charge is 0.246 e. The van der Waals surface area contributed by atoms with Gasteiger partial charge < -0.3 is 5.73 Å². The third-order valence-corrected chi connectivity index (χ3v) is 5.72. The van der Waals surface area contributed by atoms with Crippen molar-refractivity contribution in [2.24, 2.45) is 5.73 Å². The zero-order chi connectivity index (χ0) is 14.9. The Morgan fingerprint density at radius 2 is 2.10 bits per heavy atom. The van der Waals surface area contributed by atoms with Crippen LogP contribution in [-0.4, -0.2) is 31.4 Å². The normalized spacial score (nSPS) is 22.7. The lowest BCUT2D eigenvalue weighted by Crippen LogP contribution is -2.51. The summed E-state index contributed by atoms with van der Waals surface area (Å²) in [5.41, 5.74) is 6.62. The van der Waals surface area contributed by atoms with Gasteiger partial charge in [-0.3, -0.25) is 0 Å². The van der Waals surface area contributed by atoms with Gasteiger partial charge in [-0.2, -0.15) is 4.31 Å². The van der Waals surface area contributed by atoms with E-state index in [1.165, 1.54) is 16.4 Å². The number of rotatable bonds is 3. The van der Waals surface area contributed by atoms with Crippen LogP contribution < -0.4 is 5.73 Å². The minimum absolute atomic E-state index is 0.245. The molecule has 1 saturated heterocycles. The lowest BCUT2D eigenvalue weighted by molar-refractivity contribution is 0.226. The molecule has 0 aliphatic carbocycles. The minimum atomic E-state index is -3.83. The molecule has 2 rings (SSSR count). The lowest BCUT2D eigenvalue weighted by Gasteiger charge is -2.36. The molecule has 0 bridgehead atoms. The first-order valence-electron chi connectivity index (χ1n) is 6.87. The van der Waals surface area contributed by atoms with Crippen LogP contribution >= 0.6 is 0 Å². The van der Waals surface area contributed by atoms with Crippen LogP contribution in [-0.2, 0) is 10.0 Å². The highest BCUT2D eigenvalue weighted by Crippen LogP contribution is 2.28. The summed E-state index contributed by atoms with van der Waals surface area (Å²) in [5.74, 6) is -0.704. The molecule has 2 N–H and O–H groups in total. The van der Waals surface area contributed by atoms with Crippen molar-refractivity contribution in [1.82, 2.24) is 4.31 Å². The van der Waals surface area contributed by atoms with Crippen LogP contribution in [0.25, 0.3) is 0 Å². The minimum Gasteiger partial charge on any atom is -0.326 e. The highest BCUT2D eigenvalue weighted by molar-refractivity contribution is 7.89. The molecule has 1 aromatic rings. The molecule has 20 heavy (non-hydrogen) atoms. The quantitative estimate of drug-likeness (QED) is 0.929. The highest BCUT2D eigenvalue weighted by Gasteiger charge is 2.36. The number of benzene rings is 1. The summed E-state index contributed by atoms with van der Waals surface area (Å²) in [7, 11) is -3.83. The van der Waals surface area contributed by atoms with Gasteiger partial charge in [0, 0.05) is 18.6 Å². The Hall–Kier alpha value is -0.980. The molecule has 1 heterocycles. The van der Waals surface area contributed by atoms with Gasteiger partial charge in [-0.05, 0) is 44.4 Å². The van der Waals surface area contributed by atoms with Crippen molar-refractivity contribution in [3.05, 3.63) is 29.6 Å². The third kappa shape index (κ3) is 2.87. The molecule has 0 radical (unpaired) electrons. The summed E-state index contributed by atoms with van der Waals surface area (Å²) in [6.45, 7) is 3.95. The number of nitrogens with two attached hydrogens (primary N) is 1. The van der Waals surface area contributed by atoms with E-state index in [-0.39, 0.29) is 17.0 Å². The molecular formula is C14H21FN2O2S. The van der Waals surface area contributed by atoms with Crippen LogP contribution in [0, 0.1) is 12.7 Å². The van der Waals surface area contributed by atoms with Gasteiger partial charge in [-0.15, -0.1) is 0 Å². The van der Waals surface area contributed by atoms with Crippen molar-refractivity contribution in [3.8, 4) is 0 Å². The van der Waals surface area contributed by atoms with E-state index in [0.717, 1.165) is 24.8 Å². The van der Waals surface area contributed by atoms with Crippen molar-refractivity contribution in [2.75, 3.05) is 6.54 Å². The lowest BCUT2D eigenvalue weighted by atomic mass is 10.00. The number of sulfonamides is 1. The van der Waals surface area contributed by atoms with E-state index in [0.29, 0.717) is 6.54 Å². The second kappa shape index (κ2) is 5.79. The van der Waals surface area contributed by atoms with Gasteiger partial charge in [-0.25, -0.2) is 12.8 Å². The van der Waals surface area contributed by atoms with E-state index in [9.17, 15) is 12.8 Å². The zero-order valence-corrected chi connectivity index (χ0v) is 12.7. The second-order valence-corrected chi connectivity index (χ2v) is 7.33. The van der Waals surface area contributed by atoms with Crippen LogP contribution in [0.1, 0.15) is 31.7 Å². The molecule has 0 amide bonds. The van der Waals surface area contributed by atoms with Crippen molar-refractivity contribution in [2.45, 2.75) is 50.1 Å². The van der Waals surface area contributed by atoms with Gasteiger partial charge in [0.1, 0.15) is 10.7 Å². The summed E-state index contributed by atoms with van der Waals surface area (Å²) in [6.07, 6.45) is 2.47. The molecule has 4 nitrogen and oxygen atoms in total. The first-order chi connectivity index (χ1) is 9.34. The van der Waals surface area contributed by atoms with Crippen molar-refractivity contribution >= 4 is 10.0 Å². The Kier molecular flexibility index (Phi) is 4.46. The molecule has 1 aromatic carbocycles. The Morgan fingerprint density at radius 1 is 1.40 bits per heavy atom. The van der Waals surface area contributed by atoms with Crippen LogP contribution in [0.5, 0.6) is 0 Å². The Morgan fingerprint density at radius 3 is 2.75 bits per heavy atom. The molecule has 2 atom stereocenters. The number of aryl methyl sites for hydroxylation is 1. The maximum atomic E-state index is 13.9. The van der Waals surface area contributed by atoms with E-state index in [1.807, 2.05) is 0 Å². The summed E-state index contributed by atoms with van der Waals surface area (Å²) < 4.78 is 40.7. The standard InChI is InChI=1S/C14H21FN2O2S/c1-10-6-7-12(15)14(9-10)20(18,19)17-8-4-3-5-13(17)11(2)16/h6-7,9,11,13H,3-5,8,16H2,1-2H3. The van der Waals surface area contributed by atoms with Crippen LogP contribution in [0.15, 0.2) is 23.1 Å². The summed E-state index contributed by atoms with van der Waals surface area (Å²) >= 11 is 0. The third-order valence-electron chi connectivity index (χ3n) is 3.78. The molecule has 1 fully saturated rings. The zero-order valence-electron chi connectivity index (χ0n) is 11.8. The number of hydrogen-bond acceptors (Lipinski definition) is 3. The van der Waals surface area contributed by atoms with E-state index >= 15 is 0 Å². The molecule has 6 heteroatoms. The van der Waals surface area contributed by atoms with Gasteiger partial charge in [0.25, 0.3) is 0 Å². The fraction of sp³-hybridized carbons (Fsp3) is 0.571. The SMILES string of the molecule is Cc1ccc(F)c(S(=O)(=O)N2CCCCC2C(C)N)c1. The average molecular weight is 300 g/mol. The largest absolute Gasteiger partial charge is 0.326 e. The Labute approximate surface area is 119 Å². The number of piperidine rings is 1. The number of halogens is 1. The van der Waals surface area contributed by atoms with Crippen LogP contribution in [0.3, 0.4) is 0 Å². The van der Waals surface area contributed by atoms with Gasteiger partial charge >= 0.3 is 0 Å². The fourth-order valence-corrected chi connectivity index (χ4v) is 4.61. The second-order valence-electron chi connectivity index (χ2n) is 5.47. The van der Waals surface area contributed by atoms with E-state index in [4.69, 9.17) is 5.73 Å². The molecule has 1 aliphatic heterocycles. The molecule has 0 saturated carbocycles. The molecule has 0 spiro atoms. The topological polar surface area (TPSA) is 63.4 Å². The maximum absolute atomic E-state index is 13.9. The summed E-state index contributed by atoms with van der Waals surface area (Å²) in [4.78, 5) is -0.245. The Bertz CT molecular complexity index is 587. The maximum Gasteiger partial charge on any atom is 0.246 e. The molecule has 2 unspecified atom stereocenters.